The quantitative estimate of drug-likeness (QED) is 0.787. The van der Waals surface area contributed by atoms with E-state index in [1.54, 1.807) is 23.5 Å². The first-order valence-corrected chi connectivity index (χ1v) is 10.5. The summed E-state index contributed by atoms with van der Waals surface area (Å²) in [6.07, 6.45) is 1.01. The van der Waals surface area contributed by atoms with E-state index in [1.165, 1.54) is 15.8 Å². The van der Waals surface area contributed by atoms with Crippen LogP contribution in [0.1, 0.15) is 34.7 Å². The highest BCUT2D eigenvalue weighted by atomic mass is 32.1. The van der Waals surface area contributed by atoms with Crippen molar-refractivity contribution < 1.29 is 9.18 Å². The molecular formula is C21H29FN4OS. The van der Waals surface area contributed by atoms with E-state index < -0.39 is 0 Å². The second kappa shape index (κ2) is 8.92. The van der Waals surface area contributed by atoms with Crippen LogP contribution in [0.4, 0.5) is 20.6 Å². The highest BCUT2D eigenvalue weighted by Crippen LogP contribution is 2.27. The van der Waals surface area contributed by atoms with Crippen molar-refractivity contribution in [3.63, 3.8) is 0 Å². The second-order valence-corrected chi connectivity index (χ2v) is 8.96. The van der Waals surface area contributed by atoms with Gasteiger partial charge < -0.3 is 20.4 Å². The Morgan fingerprint density at radius 3 is 2.64 bits per heavy atom. The number of thiophene rings is 1. The van der Waals surface area contributed by atoms with E-state index in [0.717, 1.165) is 38.2 Å². The number of hydrogen-bond donors (Lipinski definition) is 2. The third kappa shape index (κ3) is 5.02. The summed E-state index contributed by atoms with van der Waals surface area (Å²) < 4.78 is 14.7. The van der Waals surface area contributed by atoms with Crippen molar-refractivity contribution in [1.82, 2.24) is 10.2 Å². The number of nitrogens with one attached hydrogen (secondary N) is 2. The molecule has 1 aromatic carbocycles. The number of carbonyl (C=O) groups is 1. The molecular weight excluding hydrogens is 375 g/mol. The minimum absolute atomic E-state index is 0.108. The second-order valence-electron chi connectivity index (χ2n) is 7.50. The Morgan fingerprint density at radius 1 is 1.18 bits per heavy atom. The number of nitrogens with zero attached hydrogens (tertiary/aromatic N) is 2. The molecule has 0 saturated carbocycles. The molecule has 2 N–H and O–H groups in total. The Balaban J connectivity index is 1.62. The van der Waals surface area contributed by atoms with Gasteiger partial charge in [0.05, 0.1) is 11.7 Å². The summed E-state index contributed by atoms with van der Waals surface area (Å²) in [5, 5.41) is 5.67. The molecule has 0 unspecified atom stereocenters. The zero-order chi connectivity index (χ0) is 20.3. The van der Waals surface area contributed by atoms with Crippen LogP contribution in [-0.4, -0.2) is 44.2 Å². The van der Waals surface area contributed by atoms with E-state index in [4.69, 9.17) is 0 Å². The number of urea groups is 1. The molecule has 1 atom stereocenters. The topological polar surface area (TPSA) is 47.6 Å². The standard InChI is InChI=1S/C21H29FN4OS/c1-14-12-18(16(3)28-14)15(2)23-21(27)24-17-6-7-20(19(22)13-17)26-9-5-8-25(4)10-11-26/h6-7,12-13,15H,5,8-11H2,1-4H3,(H2,23,24,27)/t15-/m1/s1. The van der Waals surface area contributed by atoms with Gasteiger partial charge in [-0.25, -0.2) is 9.18 Å². The van der Waals surface area contributed by atoms with Crippen LogP contribution in [0.25, 0.3) is 0 Å². The largest absolute Gasteiger partial charge is 0.368 e. The minimum atomic E-state index is -0.334. The molecule has 7 heteroatoms. The first-order chi connectivity index (χ1) is 13.3. The smallest absolute Gasteiger partial charge is 0.319 e. The molecule has 0 radical (unpaired) electrons. The molecule has 152 valence electrons. The average molecular weight is 405 g/mol. The van der Waals surface area contributed by atoms with Gasteiger partial charge >= 0.3 is 6.03 Å². The fourth-order valence-corrected chi connectivity index (χ4v) is 4.67. The number of anilines is 2. The van der Waals surface area contributed by atoms with Crippen molar-refractivity contribution in [2.75, 3.05) is 43.4 Å². The van der Waals surface area contributed by atoms with Crippen molar-refractivity contribution in [3.05, 3.63) is 45.4 Å². The summed E-state index contributed by atoms with van der Waals surface area (Å²) in [5.74, 6) is -0.306. The SMILES string of the molecule is Cc1cc([C@@H](C)NC(=O)Nc2ccc(N3CCCN(C)CC3)c(F)c2)c(C)s1. The minimum Gasteiger partial charge on any atom is -0.368 e. The van der Waals surface area contributed by atoms with E-state index in [1.807, 2.05) is 6.92 Å². The molecule has 1 saturated heterocycles. The monoisotopic (exact) mass is 404 g/mol. The fourth-order valence-electron chi connectivity index (χ4n) is 3.65. The van der Waals surface area contributed by atoms with Crippen LogP contribution < -0.4 is 15.5 Å². The molecule has 28 heavy (non-hydrogen) atoms. The van der Waals surface area contributed by atoms with Crippen LogP contribution in [-0.2, 0) is 0 Å². The number of benzene rings is 1. The van der Waals surface area contributed by atoms with Gasteiger partial charge in [0.25, 0.3) is 0 Å². The van der Waals surface area contributed by atoms with Crippen LogP contribution in [0.3, 0.4) is 0 Å². The molecule has 1 fully saturated rings. The Labute approximate surface area is 170 Å². The Bertz CT molecular complexity index is 838. The number of hydrogen-bond acceptors (Lipinski definition) is 4. The van der Waals surface area contributed by atoms with Crippen LogP contribution in [0.5, 0.6) is 0 Å². The highest BCUT2D eigenvalue weighted by molar-refractivity contribution is 7.12. The van der Waals surface area contributed by atoms with Gasteiger partial charge in [-0.2, -0.15) is 0 Å². The summed E-state index contributed by atoms with van der Waals surface area (Å²) in [5.41, 5.74) is 2.17. The van der Waals surface area contributed by atoms with Crippen molar-refractivity contribution in [1.29, 1.82) is 0 Å². The lowest BCUT2D eigenvalue weighted by atomic mass is 10.1. The van der Waals surface area contributed by atoms with E-state index in [2.05, 4.69) is 47.4 Å². The van der Waals surface area contributed by atoms with Gasteiger partial charge in [0.1, 0.15) is 5.82 Å². The van der Waals surface area contributed by atoms with Crippen LogP contribution in [0.15, 0.2) is 24.3 Å². The highest BCUT2D eigenvalue weighted by Gasteiger charge is 2.17. The van der Waals surface area contributed by atoms with Crippen molar-refractivity contribution in [3.8, 4) is 0 Å². The lowest BCUT2D eigenvalue weighted by Crippen LogP contribution is -2.31. The molecule has 1 aromatic heterocycles. The number of amides is 2. The number of rotatable bonds is 4. The van der Waals surface area contributed by atoms with Gasteiger partial charge in [0.2, 0.25) is 0 Å². The summed E-state index contributed by atoms with van der Waals surface area (Å²) in [6.45, 7) is 9.65. The number of aryl methyl sites for hydroxylation is 2. The molecule has 0 aliphatic carbocycles. The molecule has 2 aromatic rings. The molecule has 1 aliphatic rings. The van der Waals surface area contributed by atoms with E-state index >= 15 is 0 Å². The van der Waals surface area contributed by atoms with Gasteiger partial charge in [-0.05, 0) is 70.6 Å². The lowest BCUT2D eigenvalue weighted by molar-refractivity contribution is 0.249. The third-order valence-corrected chi connectivity index (χ3v) is 6.14. The number of carbonyl (C=O) groups excluding carboxylic acids is 1. The van der Waals surface area contributed by atoms with Crippen LogP contribution in [0, 0.1) is 19.7 Å². The van der Waals surface area contributed by atoms with Gasteiger partial charge in [-0.15, -0.1) is 11.3 Å². The normalized spacial score (nSPS) is 16.5. The van der Waals surface area contributed by atoms with Crippen molar-refractivity contribution >= 4 is 28.7 Å². The molecule has 0 spiro atoms. The average Bonchev–Trinajstić information content (AvgIpc) is 2.82. The van der Waals surface area contributed by atoms with Crippen LogP contribution >= 0.6 is 11.3 Å². The molecule has 3 rings (SSSR count). The summed E-state index contributed by atoms with van der Waals surface area (Å²) in [4.78, 5) is 19.1. The maximum atomic E-state index is 14.7. The summed E-state index contributed by atoms with van der Waals surface area (Å²) >= 11 is 1.72. The Kier molecular flexibility index (Phi) is 6.57. The lowest BCUT2D eigenvalue weighted by Gasteiger charge is -2.23. The fraction of sp³-hybridized carbons (Fsp3) is 0.476. The molecule has 2 amide bonds. The predicted molar refractivity (Wildman–Crippen MR) is 115 cm³/mol. The van der Waals surface area contributed by atoms with Crippen molar-refractivity contribution in [2.24, 2.45) is 0 Å². The van der Waals surface area contributed by atoms with Gasteiger partial charge in [-0.1, -0.05) is 0 Å². The van der Waals surface area contributed by atoms with Crippen molar-refractivity contribution in [2.45, 2.75) is 33.2 Å². The predicted octanol–water partition coefficient (Wildman–Crippen LogP) is 4.53. The molecule has 0 bridgehead atoms. The van der Waals surface area contributed by atoms with E-state index in [9.17, 15) is 9.18 Å². The molecule has 1 aliphatic heterocycles. The zero-order valence-corrected chi connectivity index (χ0v) is 17.8. The van der Waals surface area contributed by atoms with Crippen LogP contribution in [0.2, 0.25) is 0 Å². The maximum Gasteiger partial charge on any atom is 0.319 e. The van der Waals surface area contributed by atoms with Gasteiger partial charge in [-0.3, -0.25) is 0 Å². The summed E-state index contributed by atoms with van der Waals surface area (Å²) in [7, 11) is 2.09. The molecule has 5 nitrogen and oxygen atoms in total. The first kappa shape index (κ1) is 20.6. The third-order valence-electron chi connectivity index (χ3n) is 5.16. The van der Waals surface area contributed by atoms with E-state index in [0.29, 0.717) is 11.4 Å². The maximum absolute atomic E-state index is 14.7. The zero-order valence-electron chi connectivity index (χ0n) is 17.0. The van der Waals surface area contributed by atoms with Gasteiger partial charge in [0, 0.05) is 35.1 Å². The Morgan fingerprint density at radius 2 is 1.96 bits per heavy atom. The molecule has 2 heterocycles. The van der Waals surface area contributed by atoms with E-state index in [-0.39, 0.29) is 17.9 Å². The summed E-state index contributed by atoms with van der Waals surface area (Å²) in [6, 6.07) is 6.57. The first-order valence-electron chi connectivity index (χ1n) is 9.71. The Hall–Kier alpha value is -2.12. The number of likely N-dealkylation sites (N-methyl/N-ethyl adjacent to an activating group) is 1. The number of halogens is 1. The van der Waals surface area contributed by atoms with Gasteiger partial charge in [0.15, 0.2) is 0 Å².